The van der Waals surface area contributed by atoms with Crippen LogP contribution in [0.3, 0.4) is 0 Å². The average molecular weight is 226 g/mol. The van der Waals surface area contributed by atoms with Crippen molar-refractivity contribution in [1.82, 2.24) is 0 Å². The highest BCUT2D eigenvalue weighted by Crippen LogP contribution is 2.08. The van der Waals surface area contributed by atoms with Crippen molar-refractivity contribution in [2.24, 2.45) is 0 Å². The van der Waals surface area contributed by atoms with Gasteiger partial charge in [0, 0.05) is 11.6 Å². The van der Waals surface area contributed by atoms with E-state index in [1.165, 1.54) is 0 Å². The quantitative estimate of drug-likeness (QED) is 0.341. The van der Waals surface area contributed by atoms with Crippen LogP contribution in [0.5, 0.6) is 0 Å². The van der Waals surface area contributed by atoms with Crippen molar-refractivity contribution in [1.29, 1.82) is 0 Å². The molecule has 0 amide bonds. The second kappa shape index (κ2) is 7.08. The number of carbonyl (C=O) groups is 1. The molecule has 0 heterocycles. The Bertz CT molecular complexity index is 475. The minimum Gasteiger partial charge on any atom is -0.449 e. The standard InChI is InChI=1S/C15H14O2/c1-3-8-13-9-5-6-10-14(13)11-7-12-17-15(16)4-2/h3-6,9-10H,1-2,8,12H2. The average Bonchev–Trinajstić information content (AvgIpc) is 2.36. The summed E-state index contributed by atoms with van der Waals surface area (Å²) in [6.45, 7) is 7.08. The molecule has 86 valence electrons. The molecule has 0 bridgehead atoms. The van der Waals surface area contributed by atoms with Gasteiger partial charge >= 0.3 is 5.97 Å². The largest absolute Gasteiger partial charge is 0.449 e. The molecule has 0 aliphatic carbocycles. The van der Waals surface area contributed by atoms with Gasteiger partial charge in [0.2, 0.25) is 0 Å². The van der Waals surface area contributed by atoms with Gasteiger partial charge < -0.3 is 4.74 Å². The molecule has 1 aromatic carbocycles. The molecular formula is C15H14O2. The van der Waals surface area contributed by atoms with Crippen LogP contribution in [0.4, 0.5) is 0 Å². The Labute approximate surface area is 102 Å². The van der Waals surface area contributed by atoms with Crippen LogP contribution in [0.2, 0.25) is 0 Å². The number of hydrogen-bond acceptors (Lipinski definition) is 2. The van der Waals surface area contributed by atoms with Gasteiger partial charge in [0.1, 0.15) is 0 Å². The second-order valence-electron chi connectivity index (χ2n) is 3.26. The molecule has 17 heavy (non-hydrogen) atoms. The Balaban J connectivity index is 2.67. The first kappa shape index (κ1) is 12.8. The van der Waals surface area contributed by atoms with Crippen molar-refractivity contribution >= 4 is 5.97 Å². The summed E-state index contributed by atoms with van der Waals surface area (Å²) in [7, 11) is 0. The molecule has 0 fully saturated rings. The second-order valence-corrected chi connectivity index (χ2v) is 3.26. The summed E-state index contributed by atoms with van der Waals surface area (Å²) in [6.07, 6.45) is 3.73. The molecule has 0 aliphatic heterocycles. The maximum atomic E-state index is 10.8. The molecule has 0 spiro atoms. The van der Waals surface area contributed by atoms with Crippen LogP contribution in [0, 0.1) is 11.8 Å². The Kier molecular flexibility index (Phi) is 5.33. The Morgan fingerprint density at radius 3 is 2.82 bits per heavy atom. The normalized spacial score (nSPS) is 8.71. The first-order chi connectivity index (χ1) is 8.27. The van der Waals surface area contributed by atoms with E-state index in [1.54, 1.807) is 0 Å². The number of rotatable bonds is 4. The van der Waals surface area contributed by atoms with Crippen LogP contribution < -0.4 is 0 Å². The summed E-state index contributed by atoms with van der Waals surface area (Å²) in [6, 6.07) is 7.82. The number of carbonyl (C=O) groups excluding carboxylic acids is 1. The zero-order chi connectivity index (χ0) is 12.5. The van der Waals surface area contributed by atoms with E-state index in [-0.39, 0.29) is 6.61 Å². The summed E-state index contributed by atoms with van der Waals surface area (Å²) >= 11 is 0. The molecule has 0 N–H and O–H groups in total. The lowest BCUT2D eigenvalue weighted by Gasteiger charge is -1.99. The number of esters is 1. The van der Waals surface area contributed by atoms with Crippen LogP contribution >= 0.6 is 0 Å². The Hall–Kier alpha value is -2.27. The van der Waals surface area contributed by atoms with Crippen molar-refractivity contribution in [2.45, 2.75) is 6.42 Å². The lowest BCUT2D eigenvalue weighted by Crippen LogP contribution is -1.99. The van der Waals surface area contributed by atoms with E-state index in [2.05, 4.69) is 25.0 Å². The van der Waals surface area contributed by atoms with Crippen LogP contribution in [0.15, 0.2) is 49.6 Å². The highest BCUT2D eigenvalue weighted by atomic mass is 16.5. The molecule has 0 radical (unpaired) electrons. The third kappa shape index (κ3) is 4.40. The van der Waals surface area contributed by atoms with Gasteiger partial charge in [0.05, 0.1) is 0 Å². The molecule has 1 aromatic rings. The van der Waals surface area contributed by atoms with Crippen LogP contribution in [0.25, 0.3) is 0 Å². The van der Waals surface area contributed by atoms with E-state index in [1.807, 2.05) is 30.3 Å². The highest BCUT2D eigenvalue weighted by Gasteiger charge is 1.95. The lowest BCUT2D eigenvalue weighted by atomic mass is 10.1. The smallest absolute Gasteiger partial charge is 0.331 e. The van der Waals surface area contributed by atoms with Gasteiger partial charge in [0.15, 0.2) is 6.61 Å². The molecule has 0 aromatic heterocycles. The fourth-order valence-electron chi connectivity index (χ4n) is 1.27. The fourth-order valence-corrected chi connectivity index (χ4v) is 1.27. The highest BCUT2D eigenvalue weighted by molar-refractivity contribution is 5.81. The molecule has 2 heteroatoms. The van der Waals surface area contributed by atoms with Gasteiger partial charge in [-0.3, -0.25) is 0 Å². The van der Waals surface area contributed by atoms with Gasteiger partial charge in [-0.1, -0.05) is 42.7 Å². The number of hydrogen-bond donors (Lipinski definition) is 0. The maximum absolute atomic E-state index is 10.8. The molecule has 0 saturated heterocycles. The van der Waals surface area contributed by atoms with Crippen molar-refractivity contribution in [3.05, 3.63) is 60.7 Å². The summed E-state index contributed by atoms with van der Waals surface area (Å²) in [5.41, 5.74) is 2.05. The molecule has 1 rings (SSSR count). The van der Waals surface area contributed by atoms with Crippen molar-refractivity contribution in [2.75, 3.05) is 6.61 Å². The SMILES string of the molecule is C=CCc1ccccc1C#CCOC(=O)C=C. The van der Waals surface area contributed by atoms with E-state index in [0.717, 1.165) is 23.6 Å². The zero-order valence-corrected chi connectivity index (χ0v) is 9.61. The number of allylic oxidation sites excluding steroid dienone is 1. The maximum Gasteiger partial charge on any atom is 0.331 e. The number of benzene rings is 1. The van der Waals surface area contributed by atoms with Gasteiger partial charge in [-0.15, -0.1) is 6.58 Å². The van der Waals surface area contributed by atoms with Gasteiger partial charge in [-0.05, 0) is 18.1 Å². The van der Waals surface area contributed by atoms with E-state index in [9.17, 15) is 4.79 Å². The molecule has 0 atom stereocenters. The lowest BCUT2D eigenvalue weighted by molar-refractivity contribution is -0.136. The zero-order valence-electron chi connectivity index (χ0n) is 9.61. The number of ether oxygens (including phenoxy) is 1. The van der Waals surface area contributed by atoms with E-state index >= 15 is 0 Å². The van der Waals surface area contributed by atoms with Gasteiger partial charge in [-0.25, -0.2) is 4.79 Å². The van der Waals surface area contributed by atoms with E-state index in [4.69, 9.17) is 4.74 Å². The van der Waals surface area contributed by atoms with Crippen molar-refractivity contribution < 1.29 is 9.53 Å². The fraction of sp³-hybridized carbons (Fsp3) is 0.133. The molecule has 0 unspecified atom stereocenters. The Morgan fingerprint density at radius 2 is 2.12 bits per heavy atom. The summed E-state index contributed by atoms with van der Waals surface area (Å²) < 4.78 is 4.76. The predicted octanol–water partition coefficient (Wildman–Crippen LogP) is 2.50. The van der Waals surface area contributed by atoms with Crippen LogP contribution in [-0.2, 0) is 16.0 Å². The minimum absolute atomic E-state index is 0.0767. The first-order valence-electron chi connectivity index (χ1n) is 5.24. The third-order valence-electron chi connectivity index (χ3n) is 2.06. The predicted molar refractivity (Wildman–Crippen MR) is 68.4 cm³/mol. The molecular weight excluding hydrogens is 212 g/mol. The molecule has 2 nitrogen and oxygen atoms in total. The van der Waals surface area contributed by atoms with Crippen LogP contribution in [-0.4, -0.2) is 12.6 Å². The summed E-state index contributed by atoms with van der Waals surface area (Å²) in [5, 5.41) is 0. The molecule has 0 saturated carbocycles. The summed E-state index contributed by atoms with van der Waals surface area (Å²) in [5.74, 6) is 5.30. The van der Waals surface area contributed by atoms with Gasteiger partial charge in [0.25, 0.3) is 0 Å². The third-order valence-corrected chi connectivity index (χ3v) is 2.06. The summed E-state index contributed by atoms with van der Waals surface area (Å²) in [4.78, 5) is 10.8. The minimum atomic E-state index is -0.460. The van der Waals surface area contributed by atoms with E-state index < -0.39 is 5.97 Å². The van der Waals surface area contributed by atoms with E-state index in [0.29, 0.717) is 0 Å². The monoisotopic (exact) mass is 226 g/mol. The first-order valence-corrected chi connectivity index (χ1v) is 5.24. The molecule has 0 aliphatic rings. The topological polar surface area (TPSA) is 26.3 Å². The van der Waals surface area contributed by atoms with Gasteiger partial charge in [-0.2, -0.15) is 0 Å². The van der Waals surface area contributed by atoms with Crippen molar-refractivity contribution in [3.63, 3.8) is 0 Å². The van der Waals surface area contributed by atoms with Crippen LogP contribution in [0.1, 0.15) is 11.1 Å². The Morgan fingerprint density at radius 1 is 1.35 bits per heavy atom. The van der Waals surface area contributed by atoms with Crippen molar-refractivity contribution in [3.8, 4) is 11.8 Å².